The number of ether oxygens (including phenoxy) is 1. The van der Waals surface area contributed by atoms with Gasteiger partial charge >= 0.3 is 5.97 Å². The standard InChI is InChI=1S/C15H15FN2O6S/c1-4-24-15(21)11-12(19)14(20)18(2)13(17-11)9-6-5-8(16)7-10(9)25(3,22)23/h5-7,19H,4H2,1-3H3. The van der Waals surface area contributed by atoms with Gasteiger partial charge < -0.3 is 9.84 Å². The van der Waals surface area contributed by atoms with Gasteiger partial charge in [0.05, 0.1) is 11.5 Å². The Morgan fingerprint density at radius 2 is 2.04 bits per heavy atom. The first-order chi connectivity index (χ1) is 11.6. The maximum Gasteiger partial charge on any atom is 0.361 e. The molecule has 25 heavy (non-hydrogen) atoms. The van der Waals surface area contributed by atoms with Gasteiger partial charge in [0, 0.05) is 18.9 Å². The van der Waals surface area contributed by atoms with Crippen molar-refractivity contribution in [3.05, 3.63) is 40.1 Å². The molecule has 0 bridgehead atoms. The molecular weight excluding hydrogens is 355 g/mol. The first-order valence-corrected chi connectivity index (χ1v) is 8.94. The average Bonchev–Trinajstić information content (AvgIpc) is 2.52. The second kappa shape index (κ2) is 6.63. The number of hydrogen-bond acceptors (Lipinski definition) is 7. The number of halogens is 1. The number of aromatic hydroxyl groups is 1. The second-order valence-electron chi connectivity index (χ2n) is 5.13. The number of esters is 1. The lowest BCUT2D eigenvalue weighted by Crippen LogP contribution is -2.24. The van der Waals surface area contributed by atoms with E-state index in [1.165, 1.54) is 14.0 Å². The minimum Gasteiger partial charge on any atom is -0.501 e. The number of carbonyl (C=O) groups excluding carboxylic acids is 1. The normalized spacial score (nSPS) is 11.4. The number of sulfone groups is 1. The van der Waals surface area contributed by atoms with Crippen molar-refractivity contribution in [2.24, 2.45) is 7.05 Å². The van der Waals surface area contributed by atoms with Gasteiger partial charge in [0.2, 0.25) is 5.75 Å². The monoisotopic (exact) mass is 370 g/mol. The zero-order valence-electron chi connectivity index (χ0n) is 13.6. The summed E-state index contributed by atoms with van der Waals surface area (Å²) < 4.78 is 42.9. The summed E-state index contributed by atoms with van der Waals surface area (Å²) in [4.78, 5) is 27.5. The fourth-order valence-corrected chi connectivity index (χ4v) is 3.05. The molecule has 2 aromatic rings. The van der Waals surface area contributed by atoms with E-state index in [4.69, 9.17) is 4.74 Å². The lowest BCUT2D eigenvalue weighted by Gasteiger charge is -2.13. The molecule has 2 rings (SSSR count). The molecule has 0 aliphatic rings. The van der Waals surface area contributed by atoms with Crippen LogP contribution in [0, 0.1) is 5.82 Å². The molecular formula is C15H15FN2O6S. The first-order valence-electron chi connectivity index (χ1n) is 7.05. The predicted octanol–water partition coefficient (Wildman–Crippen LogP) is 0.872. The summed E-state index contributed by atoms with van der Waals surface area (Å²) in [5.41, 5.74) is -1.71. The third-order valence-electron chi connectivity index (χ3n) is 3.32. The molecule has 1 N–H and O–H groups in total. The molecule has 0 aliphatic heterocycles. The molecule has 8 nitrogen and oxygen atoms in total. The Kier molecular flexibility index (Phi) is 4.93. The van der Waals surface area contributed by atoms with E-state index in [9.17, 15) is 27.5 Å². The fraction of sp³-hybridized carbons (Fsp3) is 0.267. The van der Waals surface area contributed by atoms with Gasteiger partial charge in [-0.25, -0.2) is 22.6 Å². The topological polar surface area (TPSA) is 116 Å². The summed E-state index contributed by atoms with van der Waals surface area (Å²) in [6.07, 6.45) is 0.871. The lowest BCUT2D eigenvalue weighted by atomic mass is 10.2. The maximum atomic E-state index is 13.5. The number of aromatic nitrogens is 2. The fourth-order valence-electron chi connectivity index (χ4n) is 2.16. The zero-order valence-corrected chi connectivity index (χ0v) is 14.4. The summed E-state index contributed by atoms with van der Waals surface area (Å²) in [5.74, 6) is -2.99. The van der Waals surface area contributed by atoms with E-state index in [0.29, 0.717) is 0 Å². The summed E-state index contributed by atoms with van der Waals surface area (Å²) in [5, 5.41) is 9.85. The molecule has 1 aromatic carbocycles. The van der Waals surface area contributed by atoms with Gasteiger partial charge in [-0.15, -0.1) is 0 Å². The molecule has 0 spiro atoms. The number of carbonyl (C=O) groups is 1. The minimum atomic E-state index is -3.86. The van der Waals surface area contributed by atoms with Crippen molar-refractivity contribution in [3.8, 4) is 17.1 Å². The quantitative estimate of drug-likeness (QED) is 0.794. The van der Waals surface area contributed by atoms with Crippen LogP contribution in [0.2, 0.25) is 0 Å². The summed E-state index contributed by atoms with van der Waals surface area (Å²) >= 11 is 0. The van der Waals surface area contributed by atoms with Crippen LogP contribution >= 0.6 is 0 Å². The van der Waals surface area contributed by atoms with Crippen molar-refractivity contribution < 1.29 is 27.4 Å². The molecule has 0 atom stereocenters. The summed E-state index contributed by atoms with van der Waals surface area (Å²) in [6, 6.07) is 2.90. The van der Waals surface area contributed by atoms with Crippen molar-refractivity contribution in [3.63, 3.8) is 0 Å². The van der Waals surface area contributed by atoms with Gasteiger partial charge in [-0.05, 0) is 25.1 Å². The smallest absolute Gasteiger partial charge is 0.361 e. The largest absolute Gasteiger partial charge is 0.501 e. The van der Waals surface area contributed by atoms with Crippen LogP contribution in [0.1, 0.15) is 17.4 Å². The van der Waals surface area contributed by atoms with Gasteiger partial charge in [-0.1, -0.05) is 0 Å². The summed E-state index contributed by atoms with van der Waals surface area (Å²) in [7, 11) is -2.63. The van der Waals surface area contributed by atoms with Gasteiger partial charge in [0.25, 0.3) is 5.56 Å². The Balaban J connectivity index is 2.86. The van der Waals surface area contributed by atoms with E-state index < -0.39 is 43.5 Å². The highest BCUT2D eigenvalue weighted by Crippen LogP contribution is 2.27. The average molecular weight is 370 g/mol. The highest BCUT2D eigenvalue weighted by molar-refractivity contribution is 7.90. The van der Waals surface area contributed by atoms with Gasteiger partial charge in [-0.3, -0.25) is 9.36 Å². The van der Waals surface area contributed by atoms with E-state index in [-0.39, 0.29) is 18.0 Å². The van der Waals surface area contributed by atoms with Crippen LogP contribution in [-0.4, -0.2) is 41.9 Å². The number of hydrogen-bond donors (Lipinski definition) is 1. The summed E-state index contributed by atoms with van der Waals surface area (Å²) in [6.45, 7) is 1.51. The third-order valence-corrected chi connectivity index (χ3v) is 4.46. The molecule has 1 heterocycles. The van der Waals surface area contributed by atoms with Crippen molar-refractivity contribution in [1.29, 1.82) is 0 Å². The molecule has 0 radical (unpaired) electrons. The second-order valence-corrected chi connectivity index (χ2v) is 7.11. The Labute approximate surface area is 142 Å². The molecule has 0 aliphatic carbocycles. The maximum absolute atomic E-state index is 13.5. The Morgan fingerprint density at radius 3 is 2.60 bits per heavy atom. The highest BCUT2D eigenvalue weighted by atomic mass is 32.2. The van der Waals surface area contributed by atoms with E-state index >= 15 is 0 Å². The van der Waals surface area contributed by atoms with Crippen LogP contribution in [0.25, 0.3) is 11.4 Å². The molecule has 0 unspecified atom stereocenters. The van der Waals surface area contributed by atoms with Crippen LogP contribution in [0.4, 0.5) is 4.39 Å². The van der Waals surface area contributed by atoms with Gasteiger partial charge in [-0.2, -0.15) is 0 Å². The Hall–Kier alpha value is -2.75. The SMILES string of the molecule is CCOC(=O)c1nc(-c2ccc(F)cc2S(C)(=O)=O)n(C)c(=O)c1O. The van der Waals surface area contributed by atoms with E-state index in [2.05, 4.69) is 4.98 Å². The van der Waals surface area contributed by atoms with Crippen LogP contribution in [0.5, 0.6) is 5.75 Å². The third kappa shape index (κ3) is 3.53. The molecule has 0 saturated carbocycles. The Bertz CT molecular complexity index is 1010. The minimum absolute atomic E-state index is 0.0182. The first kappa shape index (κ1) is 18.6. The van der Waals surface area contributed by atoms with Gasteiger partial charge in [0.15, 0.2) is 15.5 Å². The van der Waals surface area contributed by atoms with Crippen molar-refractivity contribution in [1.82, 2.24) is 9.55 Å². The van der Waals surface area contributed by atoms with E-state index in [1.807, 2.05) is 0 Å². The van der Waals surface area contributed by atoms with Crippen LogP contribution in [-0.2, 0) is 21.6 Å². The van der Waals surface area contributed by atoms with E-state index in [1.54, 1.807) is 0 Å². The van der Waals surface area contributed by atoms with E-state index in [0.717, 1.165) is 29.0 Å². The van der Waals surface area contributed by atoms with Crippen LogP contribution in [0.3, 0.4) is 0 Å². The predicted molar refractivity (Wildman–Crippen MR) is 85.6 cm³/mol. The number of rotatable bonds is 4. The van der Waals surface area contributed by atoms with Crippen LogP contribution < -0.4 is 5.56 Å². The molecule has 10 heteroatoms. The lowest BCUT2D eigenvalue weighted by molar-refractivity contribution is 0.0515. The zero-order chi connectivity index (χ0) is 18.9. The number of nitrogens with zero attached hydrogens (tertiary/aromatic N) is 2. The van der Waals surface area contributed by atoms with Crippen LogP contribution in [0.15, 0.2) is 27.9 Å². The number of benzene rings is 1. The van der Waals surface area contributed by atoms with Crippen molar-refractivity contribution >= 4 is 15.8 Å². The molecule has 0 saturated heterocycles. The molecule has 0 fully saturated rings. The molecule has 1 aromatic heterocycles. The van der Waals surface area contributed by atoms with Gasteiger partial charge in [0.1, 0.15) is 11.6 Å². The molecule has 0 amide bonds. The molecule has 134 valence electrons. The van der Waals surface area contributed by atoms with Crippen molar-refractivity contribution in [2.45, 2.75) is 11.8 Å². The van der Waals surface area contributed by atoms with Crippen molar-refractivity contribution in [2.75, 3.05) is 12.9 Å². The Morgan fingerprint density at radius 1 is 1.40 bits per heavy atom. The highest BCUT2D eigenvalue weighted by Gasteiger charge is 2.25.